The Morgan fingerprint density at radius 1 is 1.44 bits per heavy atom. The van der Waals surface area contributed by atoms with Gasteiger partial charge in [0.2, 0.25) is 0 Å². The van der Waals surface area contributed by atoms with E-state index in [4.69, 9.17) is 16.3 Å². The van der Waals surface area contributed by atoms with Gasteiger partial charge in [0.25, 0.3) is 0 Å². The van der Waals surface area contributed by atoms with Crippen molar-refractivity contribution in [2.75, 3.05) is 5.33 Å². The lowest BCUT2D eigenvalue weighted by Crippen LogP contribution is -2.39. The first-order chi connectivity index (χ1) is 8.65. The maximum Gasteiger partial charge on any atom is 0.0786 e. The van der Waals surface area contributed by atoms with Gasteiger partial charge >= 0.3 is 0 Å². The number of benzene rings is 1. The Morgan fingerprint density at radius 3 is 2.89 bits per heavy atom. The molecule has 100 valence electrons. The van der Waals surface area contributed by atoms with E-state index in [-0.39, 0.29) is 5.60 Å². The third-order valence-electron chi connectivity index (χ3n) is 3.79. The first-order valence-electron chi connectivity index (χ1n) is 6.58. The molecule has 1 aromatic carbocycles. The number of halogens is 2. The van der Waals surface area contributed by atoms with E-state index in [1.54, 1.807) is 0 Å². The second-order valence-electron chi connectivity index (χ2n) is 5.40. The van der Waals surface area contributed by atoms with Crippen LogP contribution < -0.4 is 0 Å². The molecule has 0 heterocycles. The Hall–Kier alpha value is -0.0500. The predicted molar refractivity (Wildman–Crippen MR) is 80.4 cm³/mol. The molecule has 0 bridgehead atoms. The molecule has 1 aromatic rings. The van der Waals surface area contributed by atoms with Crippen LogP contribution in [0.15, 0.2) is 24.3 Å². The van der Waals surface area contributed by atoms with Crippen molar-refractivity contribution in [3.63, 3.8) is 0 Å². The molecule has 1 fully saturated rings. The molecule has 0 N–H and O–H groups in total. The summed E-state index contributed by atoms with van der Waals surface area (Å²) in [5.41, 5.74) is 1.08. The molecule has 0 radical (unpaired) electrons. The van der Waals surface area contributed by atoms with Gasteiger partial charge in [0, 0.05) is 10.4 Å². The van der Waals surface area contributed by atoms with Gasteiger partial charge in [-0.2, -0.15) is 0 Å². The summed E-state index contributed by atoms with van der Waals surface area (Å²) in [5, 5.41) is 1.71. The fourth-order valence-corrected chi connectivity index (χ4v) is 3.61. The number of hydrogen-bond donors (Lipinski definition) is 0. The third-order valence-corrected chi connectivity index (χ3v) is 5.18. The molecule has 2 unspecified atom stereocenters. The van der Waals surface area contributed by atoms with E-state index in [0.717, 1.165) is 34.7 Å². The minimum absolute atomic E-state index is 0.00314. The lowest BCUT2D eigenvalue weighted by molar-refractivity contribution is -0.0729. The molecule has 0 aliphatic heterocycles. The van der Waals surface area contributed by atoms with Crippen molar-refractivity contribution < 1.29 is 4.74 Å². The SMILES string of the molecule is CC1CCCC(CBr)(OCc2ccccc2Cl)C1. The standard InChI is InChI=1S/C15H20BrClO/c1-12-5-4-8-15(9-12,11-16)18-10-13-6-2-3-7-14(13)17/h2-3,6-7,12H,4-5,8-11H2,1H3. The summed E-state index contributed by atoms with van der Waals surface area (Å²) in [6.07, 6.45) is 4.87. The van der Waals surface area contributed by atoms with E-state index in [1.165, 1.54) is 12.8 Å². The Balaban J connectivity index is 2.01. The molecule has 1 aliphatic carbocycles. The zero-order valence-corrected chi connectivity index (χ0v) is 13.1. The van der Waals surface area contributed by atoms with Gasteiger partial charge in [-0.15, -0.1) is 0 Å². The average molecular weight is 332 g/mol. The van der Waals surface area contributed by atoms with Gasteiger partial charge in [-0.3, -0.25) is 0 Å². The van der Waals surface area contributed by atoms with Gasteiger partial charge in [0.1, 0.15) is 0 Å². The lowest BCUT2D eigenvalue weighted by atomic mass is 9.80. The first kappa shape index (κ1) is 14.4. The van der Waals surface area contributed by atoms with Crippen molar-refractivity contribution in [2.24, 2.45) is 5.92 Å². The largest absolute Gasteiger partial charge is 0.369 e. The first-order valence-corrected chi connectivity index (χ1v) is 8.08. The molecular weight excluding hydrogens is 312 g/mol. The van der Waals surface area contributed by atoms with E-state index in [1.807, 2.05) is 24.3 Å². The van der Waals surface area contributed by atoms with Crippen LogP contribution in [0.1, 0.15) is 38.2 Å². The van der Waals surface area contributed by atoms with Gasteiger partial charge in [0.05, 0.1) is 12.2 Å². The van der Waals surface area contributed by atoms with Gasteiger partial charge in [-0.25, -0.2) is 0 Å². The third kappa shape index (κ3) is 3.49. The van der Waals surface area contributed by atoms with Gasteiger partial charge in [0.15, 0.2) is 0 Å². The van der Waals surface area contributed by atoms with Crippen molar-refractivity contribution in [1.29, 1.82) is 0 Å². The quantitative estimate of drug-likeness (QED) is 0.689. The summed E-state index contributed by atoms with van der Waals surface area (Å²) in [6.45, 7) is 2.92. The van der Waals surface area contributed by atoms with E-state index in [0.29, 0.717) is 6.61 Å². The molecule has 2 rings (SSSR count). The molecule has 0 amide bonds. The fourth-order valence-electron chi connectivity index (χ4n) is 2.75. The Kier molecular flexibility index (Phi) is 5.11. The number of rotatable bonds is 4. The molecule has 0 aromatic heterocycles. The van der Waals surface area contributed by atoms with Crippen molar-refractivity contribution in [2.45, 2.75) is 44.8 Å². The minimum atomic E-state index is -0.00314. The van der Waals surface area contributed by atoms with Gasteiger partial charge in [-0.05, 0) is 30.4 Å². The smallest absolute Gasteiger partial charge is 0.0786 e. The summed E-state index contributed by atoms with van der Waals surface area (Å²) in [4.78, 5) is 0. The average Bonchev–Trinajstić information content (AvgIpc) is 2.38. The molecular formula is C15H20BrClO. The van der Waals surface area contributed by atoms with Crippen LogP contribution in [0.3, 0.4) is 0 Å². The van der Waals surface area contributed by atoms with Crippen LogP contribution in [-0.4, -0.2) is 10.9 Å². The van der Waals surface area contributed by atoms with Crippen LogP contribution in [0.25, 0.3) is 0 Å². The number of alkyl halides is 1. The zero-order chi connectivity index (χ0) is 13.0. The highest BCUT2D eigenvalue weighted by molar-refractivity contribution is 9.09. The molecule has 0 saturated heterocycles. The maximum atomic E-state index is 6.23. The van der Waals surface area contributed by atoms with Crippen LogP contribution in [0.2, 0.25) is 5.02 Å². The maximum absolute atomic E-state index is 6.23. The zero-order valence-electron chi connectivity index (χ0n) is 10.8. The van der Waals surface area contributed by atoms with Crippen LogP contribution in [0.4, 0.5) is 0 Å². The molecule has 1 nitrogen and oxygen atoms in total. The molecule has 0 spiro atoms. The van der Waals surface area contributed by atoms with E-state index >= 15 is 0 Å². The summed E-state index contributed by atoms with van der Waals surface area (Å²) in [7, 11) is 0. The second-order valence-corrected chi connectivity index (χ2v) is 6.37. The summed E-state index contributed by atoms with van der Waals surface area (Å²) < 4.78 is 6.23. The highest BCUT2D eigenvalue weighted by Crippen LogP contribution is 2.37. The van der Waals surface area contributed by atoms with Crippen molar-refractivity contribution in [1.82, 2.24) is 0 Å². The van der Waals surface area contributed by atoms with Crippen molar-refractivity contribution >= 4 is 27.5 Å². The van der Waals surface area contributed by atoms with E-state index in [9.17, 15) is 0 Å². The Labute approximate surface area is 123 Å². The molecule has 2 atom stereocenters. The van der Waals surface area contributed by atoms with Crippen molar-refractivity contribution in [3.05, 3.63) is 34.9 Å². The molecule has 1 aliphatic rings. The minimum Gasteiger partial charge on any atom is -0.369 e. The van der Waals surface area contributed by atoms with E-state index in [2.05, 4.69) is 22.9 Å². The van der Waals surface area contributed by atoms with Crippen LogP contribution in [-0.2, 0) is 11.3 Å². The Morgan fingerprint density at radius 2 is 2.22 bits per heavy atom. The number of hydrogen-bond acceptors (Lipinski definition) is 1. The fraction of sp³-hybridized carbons (Fsp3) is 0.600. The highest BCUT2D eigenvalue weighted by atomic mass is 79.9. The van der Waals surface area contributed by atoms with E-state index < -0.39 is 0 Å². The van der Waals surface area contributed by atoms with Crippen LogP contribution in [0, 0.1) is 5.92 Å². The molecule has 3 heteroatoms. The summed E-state index contributed by atoms with van der Waals surface area (Å²) in [6, 6.07) is 7.92. The monoisotopic (exact) mass is 330 g/mol. The van der Waals surface area contributed by atoms with Gasteiger partial charge < -0.3 is 4.74 Å². The summed E-state index contributed by atoms with van der Waals surface area (Å²) in [5.74, 6) is 0.752. The van der Waals surface area contributed by atoms with Gasteiger partial charge in [-0.1, -0.05) is 65.5 Å². The molecule has 18 heavy (non-hydrogen) atoms. The number of ether oxygens (including phenoxy) is 1. The van der Waals surface area contributed by atoms with Crippen LogP contribution >= 0.6 is 27.5 Å². The second kappa shape index (κ2) is 6.40. The van der Waals surface area contributed by atoms with Crippen molar-refractivity contribution in [3.8, 4) is 0 Å². The topological polar surface area (TPSA) is 9.23 Å². The highest BCUT2D eigenvalue weighted by Gasteiger charge is 2.35. The summed E-state index contributed by atoms with van der Waals surface area (Å²) >= 11 is 9.80. The Bertz CT molecular complexity index is 396. The predicted octanol–water partition coefficient (Wildman–Crippen LogP) is 5.20. The lowest BCUT2D eigenvalue weighted by Gasteiger charge is -2.38. The molecule has 1 saturated carbocycles. The normalized spacial score (nSPS) is 28.3. The van der Waals surface area contributed by atoms with Crippen LogP contribution in [0.5, 0.6) is 0 Å².